The zero-order valence-corrected chi connectivity index (χ0v) is 18.4. The smallest absolute Gasteiger partial charge is 0.211 e. The molecule has 32 heavy (non-hydrogen) atoms. The van der Waals surface area contributed by atoms with Gasteiger partial charge in [0.2, 0.25) is 11.7 Å². The zero-order valence-electron chi connectivity index (χ0n) is 18.4. The summed E-state index contributed by atoms with van der Waals surface area (Å²) in [6.45, 7) is 4.11. The van der Waals surface area contributed by atoms with E-state index in [1.165, 1.54) is 6.33 Å². The topological polar surface area (TPSA) is 121 Å². The lowest BCUT2D eigenvalue weighted by atomic mass is 10.2. The van der Waals surface area contributed by atoms with Gasteiger partial charge in [-0.1, -0.05) is 0 Å². The maximum Gasteiger partial charge on any atom is 0.211 e. The third kappa shape index (κ3) is 3.92. The minimum Gasteiger partial charge on any atom is -0.493 e. The van der Waals surface area contributed by atoms with Crippen LogP contribution in [0.5, 0.6) is 17.2 Å². The molecule has 0 saturated carbocycles. The lowest BCUT2D eigenvalue weighted by Gasteiger charge is -2.15. The molecule has 0 aliphatic heterocycles. The van der Waals surface area contributed by atoms with E-state index in [0.717, 1.165) is 0 Å². The average molecular weight is 436 g/mol. The van der Waals surface area contributed by atoms with Crippen LogP contribution in [0, 0.1) is 0 Å². The summed E-state index contributed by atoms with van der Waals surface area (Å²) in [6, 6.07) is 3.68. The summed E-state index contributed by atoms with van der Waals surface area (Å²) in [7, 11) is 4.70. The predicted octanol–water partition coefficient (Wildman–Crippen LogP) is 3.71. The van der Waals surface area contributed by atoms with Gasteiger partial charge >= 0.3 is 0 Å². The lowest BCUT2D eigenvalue weighted by Crippen LogP contribution is -2.07. The van der Waals surface area contributed by atoms with Crippen LogP contribution >= 0.6 is 0 Å². The molecule has 0 amide bonds. The number of methoxy groups -OCH3 is 3. The molecular formula is C21H24N8O3. The fourth-order valence-corrected chi connectivity index (χ4v) is 3.35. The summed E-state index contributed by atoms with van der Waals surface area (Å²) in [4.78, 5) is 22.0. The van der Waals surface area contributed by atoms with Crippen molar-refractivity contribution in [2.24, 2.45) is 0 Å². The van der Waals surface area contributed by atoms with Crippen LogP contribution in [0.4, 0.5) is 23.3 Å². The second kappa shape index (κ2) is 8.92. The fourth-order valence-electron chi connectivity index (χ4n) is 3.35. The Balaban J connectivity index is 1.78. The highest BCUT2D eigenvalue weighted by atomic mass is 16.5. The lowest BCUT2D eigenvalue weighted by molar-refractivity contribution is 0.324. The molecule has 11 heteroatoms. The van der Waals surface area contributed by atoms with Gasteiger partial charge in [-0.3, -0.25) is 9.55 Å². The number of imidazole rings is 1. The maximum atomic E-state index is 5.45. The van der Waals surface area contributed by atoms with Gasteiger partial charge in [-0.15, -0.1) is 0 Å². The predicted molar refractivity (Wildman–Crippen MR) is 120 cm³/mol. The number of nitrogens with zero attached hydrogens (tertiary/aromatic N) is 6. The third-order valence-electron chi connectivity index (χ3n) is 4.72. The second-order valence-corrected chi connectivity index (χ2v) is 7.05. The van der Waals surface area contributed by atoms with Crippen LogP contribution in [0.3, 0.4) is 0 Å². The van der Waals surface area contributed by atoms with E-state index in [2.05, 4.69) is 44.4 Å². The Hall–Kier alpha value is -4.15. The van der Waals surface area contributed by atoms with Crippen molar-refractivity contribution in [1.82, 2.24) is 29.5 Å². The van der Waals surface area contributed by atoms with Crippen molar-refractivity contribution < 1.29 is 14.2 Å². The van der Waals surface area contributed by atoms with Crippen LogP contribution in [-0.2, 0) is 0 Å². The number of benzene rings is 1. The Morgan fingerprint density at radius 3 is 2.25 bits per heavy atom. The van der Waals surface area contributed by atoms with Gasteiger partial charge in [0.1, 0.15) is 6.33 Å². The Kier molecular flexibility index (Phi) is 5.88. The van der Waals surface area contributed by atoms with Gasteiger partial charge in [0, 0.05) is 36.3 Å². The molecule has 0 spiro atoms. The summed E-state index contributed by atoms with van der Waals surface area (Å²) in [5, 5.41) is 6.50. The highest BCUT2D eigenvalue weighted by Gasteiger charge is 2.20. The van der Waals surface area contributed by atoms with E-state index >= 15 is 0 Å². The molecule has 3 heterocycles. The quantitative estimate of drug-likeness (QED) is 0.423. The van der Waals surface area contributed by atoms with E-state index in [0.29, 0.717) is 51.7 Å². The van der Waals surface area contributed by atoms with E-state index in [4.69, 9.17) is 19.2 Å². The van der Waals surface area contributed by atoms with Gasteiger partial charge < -0.3 is 24.8 Å². The van der Waals surface area contributed by atoms with Crippen molar-refractivity contribution in [3.63, 3.8) is 0 Å². The largest absolute Gasteiger partial charge is 0.493 e. The number of aromatic nitrogens is 6. The molecule has 0 unspecified atom stereocenters. The Bertz CT molecular complexity index is 1200. The highest BCUT2D eigenvalue weighted by molar-refractivity contribution is 5.88. The minimum atomic E-state index is 0.0862. The van der Waals surface area contributed by atoms with E-state index in [9.17, 15) is 0 Å². The standard InChI is InChI=1S/C21H24N8O3/c1-12(2)29-20-17(28-21(29)27-16-10-22-6-7-23-16)19(24-11-25-20)26-13-8-14(30-3)18(32-5)15(9-13)31-4/h6-12H,1-5H3,(H,23,27,28)(H,24,25,26). The molecule has 0 aliphatic carbocycles. The van der Waals surface area contributed by atoms with Crippen molar-refractivity contribution >= 4 is 34.4 Å². The van der Waals surface area contributed by atoms with Gasteiger partial charge in [-0.25, -0.2) is 19.9 Å². The van der Waals surface area contributed by atoms with Crippen LogP contribution < -0.4 is 24.8 Å². The summed E-state index contributed by atoms with van der Waals surface area (Å²) < 4.78 is 18.3. The molecule has 3 aromatic heterocycles. The van der Waals surface area contributed by atoms with Gasteiger partial charge in [-0.2, -0.15) is 0 Å². The summed E-state index contributed by atoms with van der Waals surface area (Å²) in [6.07, 6.45) is 6.35. The molecule has 2 N–H and O–H groups in total. The summed E-state index contributed by atoms with van der Waals surface area (Å²) in [5.41, 5.74) is 1.97. The molecule has 0 aliphatic rings. The van der Waals surface area contributed by atoms with Crippen molar-refractivity contribution in [2.45, 2.75) is 19.9 Å². The van der Waals surface area contributed by atoms with Gasteiger partial charge in [-0.05, 0) is 13.8 Å². The van der Waals surface area contributed by atoms with Crippen LogP contribution in [0.15, 0.2) is 37.1 Å². The Morgan fingerprint density at radius 1 is 0.906 bits per heavy atom. The van der Waals surface area contributed by atoms with E-state index < -0.39 is 0 Å². The van der Waals surface area contributed by atoms with Crippen LogP contribution in [0.25, 0.3) is 11.2 Å². The zero-order chi connectivity index (χ0) is 22.7. The molecular weight excluding hydrogens is 412 g/mol. The number of hydrogen-bond acceptors (Lipinski definition) is 10. The first-order chi connectivity index (χ1) is 15.5. The minimum absolute atomic E-state index is 0.0862. The Morgan fingerprint density at radius 2 is 1.66 bits per heavy atom. The molecule has 166 valence electrons. The van der Waals surface area contributed by atoms with E-state index in [1.54, 1.807) is 52.1 Å². The number of rotatable bonds is 8. The fraction of sp³-hybridized carbons (Fsp3) is 0.286. The molecule has 0 fully saturated rings. The molecule has 1 aromatic carbocycles. The summed E-state index contributed by atoms with van der Waals surface area (Å²) >= 11 is 0. The number of ether oxygens (including phenoxy) is 3. The van der Waals surface area contributed by atoms with Gasteiger partial charge in [0.05, 0.1) is 27.5 Å². The number of fused-ring (bicyclic) bond motifs is 1. The third-order valence-corrected chi connectivity index (χ3v) is 4.72. The molecule has 4 rings (SSSR count). The SMILES string of the molecule is COc1cc(Nc2ncnc3c2nc(Nc2cnccn2)n3C(C)C)cc(OC)c1OC. The summed E-state index contributed by atoms with van der Waals surface area (Å²) in [5.74, 6) is 3.26. The van der Waals surface area contributed by atoms with Crippen molar-refractivity contribution in [1.29, 1.82) is 0 Å². The average Bonchev–Trinajstić information content (AvgIpc) is 3.18. The van der Waals surface area contributed by atoms with Crippen molar-refractivity contribution in [2.75, 3.05) is 32.0 Å². The molecule has 0 radical (unpaired) electrons. The first-order valence-electron chi connectivity index (χ1n) is 9.88. The normalized spacial score (nSPS) is 10.9. The van der Waals surface area contributed by atoms with E-state index in [-0.39, 0.29) is 6.04 Å². The first-order valence-corrected chi connectivity index (χ1v) is 9.88. The van der Waals surface area contributed by atoms with Crippen molar-refractivity contribution in [3.8, 4) is 17.2 Å². The maximum absolute atomic E-state index is 5.45. The molecule has 0 bridgehead atoms. The van der Waals surface area contributed by atoms with Gasteiger partial charge in [0.25, 0.3) is 0 Å². The molecule has 4 aromatic rings. The number of nitrogens with one attached hydrogen (secondary N) is 2. The second-order valence-electron chi connectivity index (χ2n) is 7.05. The number of anilines is 4. The van der Waals surface area contributed by atoms with E-state index in [1.807, 2.05) is 4.57 Å². The van der Waals surface area contributed by atoms with Crippen molar-refractivity contribution in [3.05, 3.63) is 37.1 Å². The van der Waals surface area contributed by atoms with Gasteiger partial charge in [0.15, 0.2) is 34.3 Å². The monoisotopic (exact) mass is 436 g/mol. The van der Waals surface area contributed by atoms with Crippen LogP contribution in [0.2, 0.25) is 0 Å². The first kappa shape index (κ1) is 21.1. The Labute approximate surface area is 184 Å². The highest BCUT2D eigenvalue weighted by Crippen LogP contribution is 2.41. The number of hydrogen-bond donors (Lipinski definition) is 2. The molecule has 0 atom stereocenters. The molecule has 11 nitrogen and oxygen atoms in total. The van der Waals surface area contributed by atoms with Crippen LogP contribution in [-0.4, -0.2) is 50.8 Å². The van der Waals surface area contributed by atoms with Crippen LogP contribution in [0.1, 0.15) is 19.9 Å². The molecule has 0 saturated heterocycles.